The van der Waals surface area contributed by atoms with Crippen molar-refractivity contribution in [1.29, 1.82) is 0 Å². The number of hydrogen-bond acceptors (Lipinski definition) is 5. The molecule has 3 aromatic rings. The first-order valence-corrected chi connectivity index (χ1v) is 15.9. The molecular weight excluding hydrogens is 641 g/mol. The van der Waals surface area contributed by atoms with Gasteiger partial charge in [-0.15, -0.1) is 0 Å². The number of hydrogen-bond donors (Lipinski definition) is 0. The number of halogens is 3. The summed E-state index contributed by atoms with van der Waals surface area (Å²) in [5.41, 5.74) is 0.00325. The van der Waals surface area contributed by atoms with Crippen molar-refractivity contribution in [2.24, 2.45) is 0 Å². The van der Waals surface area contributed by atoms with Crippen LogP contribution in [0, 0.1) is 0 Å². The van der Waals surface area contributed by atoms with Crippen molar-refractivity contribution < 1.29 is 18.0 Å². The van der Waals surface area contributed by atoms with Gasteiger partial charge in [-0.3, -0.25) is 14.2 Å². The highest BCUT2D eigenvalue weighted by molar-refractivity contribution is 9.10. The van der Waals surface area contributed by atoms with Gasteiger partial charge in [0.1, 0.15) is 5.54 Å². The highest BCUT2D eigenvalue weighted by atomic mass is 79.9. The van der Waals surface area contributed by atoms with Gasteiger partial charge in [-0.25, -0.2) is 18.3 Å². The van der Waals surface area contributed by atoms with E-state index < -0.39 is 15.6 Å². The molecule has 3 heterocycles. The number of imidazole rings is 1. The summed E-state index contributed by atoms with van der Waals surface area (Å²) in [5, 5.41) is 0.615. The molecule has 0 saturated carbocycles. The number of aromatic nitrogens is 2. The standard InChI is InChI=1S/C27H28BrCl2N5O4S/c1-3-8-27(16-19-4-6-20(28)7-5-19)25(37)34(23-14-21(29)13-22(30)15-23)26-31-17-24(35(26)27)40(38,39)33-11-9-32(10-12-33)18(2)36/h4-7,13-15,17H,3,8-12,16H2,1-2H3. The van der Waals surface area contributed by atoms with E-state index in [-0.39, 0.29) is 42.3 Å². The fourth-order valence-electron chi connectivity index (χ4n) is 5.56. The highest BCUT2D eigenvalue weighted by Gasteiger charge is 2.54. The molecule has 9 nitrogen and oxygen atoms in total. The van der Waals surface area contributed by atoms with E-state index in [0.717, 1.165) is 10.0 Å². The number of benzene rings is 2. The van der Waals surface area contributed by atoms with Crippen LogP contribution in [0.1, 0.15) is 32.3 Å². The third-order valence-corrected chi connectivity index (χ3v) is 10.2. The van der Waals surface area contributed by atoms with E-state index >= 15 is 0 Å². The Bertz CT molecular complexity index is 1550. The number of carbonyl (C=O) groups excluding carboxylic acids is 2. The lowest BCUT2D eigenvalue weighted by Gasteiger charge is -2.35. The molecule has 1 unspecified atom stereocenters. The molecule has 2 aliphatic rings. The molecule has 1 saturated heterocycles. The summed E-state index contributed by atoms with van der Waals surface area (Å²) < 4.78 is 32.1. The van der Waals surface area contributed by atoms with E-state index in [0.29, 0.717) is 41.7 Å². The van der Waals surface area contributed by atoms with Gasteiger partial charge in [-0.05, 0) is 42.3 Å². The molecule has 212 valence electrons. The van der Waals surface area contributed by atoms with Crippen molar-refractivity contribution >= 4 is 72.6 Å². The zero-order valence-corrected chi connectivity index (χ0v) is 25.9. The molecule has 1 atom stereocenters. The summed E-state index contributed by atoms with van der Waals surface area (Å²) in [5.74, 6) is -0.216. The Labute approximate surface area is 251 Å². The van der Waals surface area contributed by atoms with Crippen LogP contribution in [0.15, 0.2) is 58.2 Å². The third kappa shape index (κ3) is 5.07. The minimum atomic E-state index is -4.07. The van der Waals surface area contributed by atoms with Crippen LogP contribution < -0.4 is 4.90 Å². The highest BCUT2D eigenvalue weighted by Crippen LogP contribution is 2.47. The summed E-state index contributed by atoms with van der Waals surface area (Å²) in [6.45, 7) is 4.31. The number of sulfonamides is 1. The van der Waals surface area contributed by atoms with Crippen molar-refractivity contribution in [2.75, 3.05) is 31.1 Å². The van der Waals surface area contributed by atoms with E-state index in [9.17, 15) is 18.0 Å². The number of rotatable bonds is 7. The minimum absolute atomic E-state index is 0.0617. The molecule has 2 aromatic carbocycles. The first-order chi connectivity index (χ1) is 19.0. The molecule has 2 aliphatic heterocycles. The van der Waals surface area contributed by atoms with Gasteiger partial charge >= 0.3 is 0 Å². The van der Waals surface area contributed by atoms with Crippen molar-refractivity contribution in [3.63, 3.8) is 0 Å². The summed E-state index contributed by atoms with van der Waals surface area (Å²) in [4.78, 5) is 33.9. The van der Waals surface area contributed by atoms with Gasteiger partial charge < -0.3 is 4.90 Å². The number of anilines is 2. The summed E-state index contributed by atoms with van der Waals surface area (Å²) in [7, 11) is -4.07. The van der Waals surface area contributed by atoms with E-state index in [1.807, 2.05) is 31.2 Å². The number of amides is 2. The largest absolute Gasteiger partial charge is 0.340 e. The topological polar surface area (TPSA) is 95.8 Å². The van der Waals surface area contributed by atoms with E-state index in [1.165, 1.54) is 22.3 Å². The van der Waals surface area contributed by atoms with Crippen LogP contribution in [-0.2, 0) is 31.6 Å². The van der Waals surface area contributed by atoms with Gasteiger partial charge in [0.25, 0.3) is 15.9 Å². The van der Waals surface area contributed by atoms with E-state index in [1.54, 1.807) is 27.7 Å². The normalized spacial score (nSPS) is 19.8. The number of fused-ring (bicyclic) bond motifs is 1. The Kier molecular flexibility index (Phi) is 8.06. The van der Waals surface area contributed by atoms with Crippen LogP contribution in [0.2, 0.25) is 10.0 Å². The van der Waals surface area contributed by atoms with E-state index in [2.05, 4.69) is 20.9 Å². The van der Waals surface area contributed by atoms with Crippen LogP contribution in [0.25, 0.3) is 0 Å². The van der Waals surface area contributed by atoms with Gasteiger partial charge in [0.05, 0.1) is 11.9 Å². The number of piperazine rings is 1. The van der Waals surface area contributed by atoms with E-state index in [4.69, 9.17) is 23.2 Å². The first-order valence-electron chi connectivity index (χ1n) is 12.9. The second kappa shape index (κ2) is 11.1. The van der Waals surface area contributed by atoms with Crippen molar-refractivity contribution in [3.05, 3.63) is 68.7 Å². The van der Waals surface area contributed by atoms with Gasteiger partial charge in [0.15, 0.2) is 5.03 Å². The second-order valence-electron chi connectivity index (χ2n) is 10.00. The monoisotopic (exact) mass is 667 g/mol. The van der Waals surface area contributed by atoms with Crippen LogP contribution in [0.5, 0.6) is 0 Å². The lowest BCUT2D eigenvalue weighted by atomic mass is 9.85. The fourth-order valence-corrected chi connectivity index (χ4v) is 7.92. The molecule has 2 amide bonds. The summed E-state index contributed by atoms with van der Waals surface area (Å²) >= 11 is 16.1. The lowest BCUT2D eigenvalue weighted by Crippen LogP contribution is -2.51. The Morgan fingerprint density at radius 3 is 2.25 bits per heavy atom. The Morgan fingerprint density at radius 1 is 1.05 bits per heavy atom. The Hall–Kier alpha value is -2.44. The molecule has 13 heteroatoms. The quantitative estimate of drug-likeness (QED) is 0.344. The smallest absolute Gasteiger partial charge is 0.260 e. The second-order valence-corrected chi connectivity index (χ2v) is 13.7. The lowest BCUT2D eigenvalue weighted by molar-refractivity contribution is -0.130. The average Bonchev–Trinajstić information content (AvgIpc) is 3.43. The van der Waals surface area contributed by atoms with Crippen molar-refractivity contribution in [3.8, 4) is 0 Å². The zero-order valence-electron chi connectivity index (χ0n) is 22.0. The summed E-state index contributed by atoms with van der Waals surface area (Å²) in [6.07, 6.45) is 2.55. The maximum absolute atomic E-state index is 14.5. The Morgan fingerprint density at radius 2 is 1.68 bits per heavy atom. The summed E-state index contributed by atoms with van der Waals surface area (Å²) in [6, 6.07) is 12.4. The SMILES string of the molecule is CCCC1(Cc2ccc(Br)cc2)C(=O)N(c2cc(Cl)cc(Cl)c2)c2ncc(S(=O)(=O)N3CCN(C(C)=O)CC3)n21. The molecule has 0 aliphatic carbocycles. The van der Waals surface area contributed by atoms with Crippen LogP contribution in [0.3, 0.4) is 0 Å². The van der Waals surface area contributed by atoms with Crippen molar-refractivity contribution in [2.45, 2.75) is 43.7 Å². The number of nitrogens with zero attached hydrogens (tertiary/aromatic N) is 5. The van der Waals surface area contributed by atoms with Gasteiger partial charge in [-0.2, -0.15) is 4.31 Å². The maximum Gasteiger partial charge on any atom is 0.260 e. The van der Waals surface area contributed by atoms with Gasteiger partial charge in [0.2, 0.25) is 11.9 Å². The molecular formula is C27H28BrCl2N5O4S. The number of carbonyl (C=O) groups is 2. The minimum Gasteiger partial charge on any atom is -0.340 e. The molecule has 0 N–H and O–H groups in total. The molecule has 0 spiro atoms. The molecule has 1 fully saturated rings. The maximum atomic E-state index is 14.5. The van der Waals surface area contributed by atoms with Crippen LogP contribution in [-0.4, -0.2) is 65.2 Å². The third-order valence-electron chi connectivity index (χ3n) is 7.41. The zero-order chi connectivity index (χ0) is 28.8. The van der Waals surface area contributed by atoms with Crippen molar-refractivity contribution in [1.82, 2.24) is 18.8 Å². The molecule has 1 aromatic heterocycles. The van der Waals surface area contributed by atoms with Crippen LogP contribution in [0.4, 0.5) is 11.6 Å². The van der Waals surface area contributed by atoms with Gasteiger partial charge in [0, 0.05) is 54.0 Å². The fraction of sp³-hybridized carbons (Fsp3) is 0.370. The van der Waals surface area contributed by atoms with Crippen LogP contribution >= 0.6 is 39.1 Å². The van der Waals surface area contributed by atoms with Gasteiger partial charge in [-0.1, -0.05) is 64.6 Å². The first kappa shape index (κ1) is 29.1. The Balaban J connectivity index is 1.68. The average molecular weight is 669 g/mol. The molecule has 0 radical (unpaired) electrons. The predicted octanol–water partition coefficient (Wildman–Crippen LogP) is 5.22. The molecule has 40 heavy (non-hydrogen) atoms. The predicted molar refractivity (Wildman–Crippen MR) is 158 cm³/mol. The molecule has 0 bridgehead atoms. The molecule has 5 rings (SSSR count).